The first kappa shape index (κ1) is 10.8. The molecule has 0 unspecified atom stereocenters. The van der Waals surface area contributed by atoms with Gasteiger partial charge in [-0.3, -0.25) is 0 Å². The first-order valence-corrected chi connectivity index (χ1v) is 5.15. The predicted molar refractivity (Wildman–Crippen MR) is 56.9 cm³/mol. The van der Waals surface area contributed by atoms with Crippen LogP contribution in [0.3, 0.4) is 0 Å². The number of rotatable bonds is 3. The highest BCUT2D eigenvalue weighted by Crippen LogP contribution is 2.22. The standard InChI is InChI=1S/C8H7BrN4O3/c1-5-2-6(16-11-5)3-12-4-7(9)8(10-12)13(14)15/h2,4H,3H2,1H3. The average Bonchev–Trinajstić information content (AvgIpc) is 2.73. The molecule has 0 fully saturated rings. The maximum absolute atomic E-state index is 10.6. The third-order valence-corrected chi connectivity index (χ3v) is 2.43. The van der Waals surface area contributed by atoms with Gasteiger partial charge in [-0.2, -0.15) is 4.68 Å². The van der Waals surface area contributed by atoms with E-state index in [0.717, 1.165) is 5.69 Å². The van der Waals surface area contributed by atoms with Crippen molar-refractivity contribution in [3.63, 3.8) is 0 Å². The SMILES string of the molecule is Cc1cc(Cn2cc(Br)c([N+](=O)[O-])n2)on1. The van der Waals surface area contributed by atoms with E-state index in [-0.39, 0.29) is 5.82 Å². The van der Waals surface area contributed by atoms with Crippen molar-refractivity contribution in [1.29, 1.82) is 0 Å². The van der Waals surface area contributed by atoms with Gasteiger partial charge in [0, 0.05) is 6.07 Å². The Morgan fingerprint density at radius 3 is 2.94 bits per heavy atom. The minimum absolute atomic E-state index is 0.212. The van der Waals surface area contributed by atoms with Crippen LogP contribution in [0.5, 0.6) is 0 Å². The van der Waals surface area contributed by atoms with E-state index in [4.69, 9.17) is 4.52 Å². The zero-order chi connectivity index (χ0) is 11.7. The van der Waals surface area contributed by atoms with E-state index < -0.39 is 4.92 Å². The van der Waals surface area contributed by atoms with E-state index >= 15 is 0 Å². The number of nitro groups is 1. The van der Waals surface area contributed by atoms with Crippen LogP contribution < -0.4 is 0 Å². The van der Waals surface area contributed by atoms with Crippen LogP contribution in [0.25, 0.3) is 0 Å². The van der Waals surface area contributed by atoms with Gasteiger partial charge >= 0.3 is 5.82 Å². The number of hydrogen-bond acceptors (Lipinski definition) is 5. The van der Waals surface area contributed by atoms with Gasteiger partial charge in [-0.15, -0.1) is 0 Å². The van der Waals surface area contributed by atoms with Crippen molar-refractivity contribution in [2.45, 2.75) is 13.5 Å². The Bertz CT molecular complexity index is 533. The van der Waals surface area contributed by atoms with Crippen molar-refractivity contribution in [3.8, 4) is 0 Å². The summed E-state index contributed by atoms with van der Waals surface area (Å²) >= 11 is 3.07. The highest BCUT2D eigenvalue weighted by Gasteiger charge is 2.19. The second kappa shape index (κ2) is 4.05. The van der Waals surface area contributed by atoms with E-state index in [0.29, 0.717) is 16.8 Å². The average molecular weight is 287 g/mol. The minimum Gasteiger partial charge on any atom is -0.359 e. The second-order valence-corrected chi connectivity index (χ2v) is 4.04. The molecule has 16 heavy (non-hydrogen) atoms. The van der Waals surface area contributed by atoms with E-state index in [1.165, 1.54) is 10.9 Å². The summed E-state index contributed by atoms with van der Waals surface area (Å²) in [5, 5.41) is 18.1. The quantitative estimate of drug-likeness (QED) is 0.635. The van der Waals surface area contributed by atoms with Gasteiger partial charge in [0.1, 0.15) is 11.0 Å². The molecule has 0 N–H and O–H groups in total. The molecule has 84 valence electrons. The Kier molecular flexibility index (Phi) is 2.73. The molecule has 0 atom stereocenters. The highest BCUT2D eigenvalue weighted by atomic mass is 79.9. The van der Waals surface area contributed by atoms with Crippen molar-refractivity contribution in [2.75, 3.05) is 0 Å². The Morgan fingerprint density at radius 2 is 2.44 bits per heavy atom. The molecule has 0 aromatic carbocycles. The topological polar surface area (TPSA) is 87.0 Å². The molecule has 0 radical (unpaired) electrons. The van der Waals surface area contributed by atoms with Gasteiger partial charge in [-0.25, -0.2) is 0 Å². The molecule has 0 amide bonds. The zero-order valence-electron chi connectivity index (χ0n) is 8.25. The van der Waals surface area contributed by atoms with Gasteiger partial charge in [-0.05, 0) is 27.8 Å². The summed E-state index contributed by atoms with van der Waals surface area (Å²) in [5.41, 5.74) is 0.760. The Hall–Kier alpha value is -1.70. The summed E-state index contributed by atoms with van der Waals surface area (Å²) in [6.07, 6.45) is 1.52. The smallest absolute Gasteiger partial charge is 0.359 e. The summed E-state index contributed by atoms with van der Waals surface area (Å²) in [5.74, 6) is 0.388. The molecule has 8 heteroatoms. The molecule has 0 spiro atoms. The predicted octanol–water partition coefficient (Wildman–Crippen LogP) is 1.90. The van der Waals surface area contributed by atoms with Gasteiger partial charge < -0.3 is 14.6 Å². The van der Waals surface area contributed by atoms with Crippen LogP contribution >= 0.6 is 15.9 Å². The number of aryl methyl sites for hydroxylation is 1. The molecule has 0 bridgehead atoms. The van der Waals surface area contributed by atoms with Crippen molar-refractivity contribution in [2.24, 2.45) is 0 Å². The second-order valence-electron chi connectivity index (χ2n) is 3.19. The maximum atomic E-state index is 10.6. The number of nitrogens with zero attached hydrogens (tertiary/aromatic N) is 4. The molecule has 2 rings (SSSR count). The van der Waals surface area contributed by atoms with E-state index in [1.54, 1.807) is 13.0 Å². The van der Waals surface area contributed by atoms with Crippen LogP contribution in [0, 0.1) is 17.0 Å². The Labute approximate surface area is 98.3 Å². The van der Waals surface area contributed by atoms with Crippen LogP contribution in [0.4, 0.5) is 5.82 Å². The molecule has 0 aliphatic heterocycles. The van der Waals surface area contributed by atoms with Gasteiger partial charge in [0.2, 0.25) is 0 Å². The molecule has 2 aromatic rings. The van der Waals surface area contributed by atoms with E-state index in [9.17, 15) is 10.1 Å². The van der Waals surface area contributed by atoms with Gasteiger partial charge in [-0.1, -0.05) is 5.16 Å². The molecule has 2 aromatic heterocycles. The summed E-state index contributed by atoms with van der Waals surface area (Å²) < 4.78 is 6.74. The van der Waals surface area contributed by atoms with E-state index in [1.807, 2.05) is 0 Å². The number of hydrogen-bond donors (Lipinski definition) is 0. The third kappa shape index (κ3) is 2.11. The Morgan fingerprint density at radius 1 is 1.69 bits per heavy atom. The normalized spacial score (nSPS) is 10.6. The lowest BCUT2D eigenvalue weighted by atomic mass is 10.4. The fraction of sp³-hybridized carbons (Fsp3) is 0.250. The molecular formula is C8H7BrN4O3. The minimum atomic E-state index is -0.549. The fourth-order valence-corrected chi connectivity index (χ4v) is 1.70. The summed E-state index contributed by atoms with van der Waals surface area (Å²) in [4.78, 5) is 10.0. The first-order chi connectivity index (χ1) is 7.56. The molecule has 0 aliphatic rings. The number of aromatic nitrogens is 3. The number of halogens is 1. The van der Waals surface area contributed by atoms with Crippen molar-refractivity contribution in [1.82, 2.24) is 14.9 Å². The molecule has 0 aliphatic carbocycles. The van der Waals surface area contributed by atoms with Crippen LogP contribution in [-0.2, 0) is 6.54 Å². The molecule has 7 nitrogen and oxygen atoms in total. The third-order valence-electron chi connectivity index (χ3n) is 1.87. The lowest BCUT2D eigenvalue weighted by molar-refractivity contribution is -0.390. The van der Waals surface area contributed by atoms with Gasteiger partial charge in [0.25, 0.3) is 0 Å². The monoisotopic (exact) mass is 286 g/mol. The molecular weight excluding hydrogens is 280 g/mol. The van der Waals surface area contributed by atoms with Crippen LogP contribution in [-0.4, -0.2) is 19.9 Å². The largest absolute Gasteiger partial charge is 0.404 e. The lowest BCUT2D eigenvalue weighted by Crippen LogP contribution is -2.00. The summed E-state index contributed by atoms with van der Waals surface area (Å²) in [6, 6.07) is 1.75. The van der Waals surface area contributed by atoms with Gasteiger partial charge in [0.05, 0.1) is 17.0 Å². The summed E-state index contributed by atoms with van der Waals surface area (Å²) in [7, 11) is 0. The lowest BCUT2D eigenvalue weighted by Gasteiger charge is -1.89. The van der Waals surface area contributed by atoms with E-state index in [2.05, 4.69) is 26.2 Å². The molecule has 0 saturated heterocycles. The Balaban J connectivity index is 2.22. The van der Waals surface area contributed by atoms with Gasteiger partial charge in [0.15, 0.2) is 5.76 Å². The van der Waals surface area contributed by atoms with Crippen LogP contribution in [0.15, 0.2) is 21.3 Å². The van der Waals surface area contributed by atoms with Crippen molar-refractivity contribution < 1.29 is 9.45 Å². The fourth-order valence-electron chi connectivity index (χ4n) is 1.24. The van der Waals surface area contributed by atoms with Crippen molar-refractivity contribution in [3.05, 3.63) is 38.3 Å². The summed E-state index contributed by atoms with van der Waals surface area (Å²) in [6.45, 7) is 2.11. The molecule has 0 saturated carbocycles. The van der Waals surface area contributed by atoms with Crippen LogP contribution in [0.1, 0.15) is 11.5 Å². The first-order valence-electron chi connectivity index (χ1n) is 4.36. The highest BCUT2D eigenvalue weighted by molar-refractivity contribution is 9.10. The molecule has 2 heterocycles. The van der Waals surface area contributed by atoms with Crippen molar-refractivity contribution >= 4 is 21.7 Å². The van der Waals surface area contributed by atoms with Crippen LogP contribution in [0.2, 0.25) is 0 Å². The maximum Gasteiger partial charge on any atom is 0.404 e. The zero-order valence-corrected chi connectivity index (χ0v) is 9.84.